The van der Waals surface area contributed by atoms with Crippen molar-refractivity contribution in [2.24, 2.45) is 50.2 Å². The highest BCUT2D eigenvalue weighted by Crippen LogP contribution is 2.75. The summed E-state index contributed by atoms with van der Waals surface area (Å²) in [5.41, 5.74) is 0.371. The Hall–Kier alpha value is -2.12. The van der Waals surface area contributed by atoms with Crippen LogP contribution in [0.25, 0.3) is 10.2 Å². The van der Waals surface area contributed by atoms with Crippen LogP contribution in [-0.4, -0.2) is 27.9 Å². The summed E-state index contributed by atoms with van der Waals surface area (Å²) in [4.78, 5) is 32.9. The number of aromatic nitrogens is 1. The van der Waals surface area contributed by atoms with E-state index in [0.717, 1.165) is 56.1 Å². The zero-order valence-electron chi connectivity index (χ0n) is 27.5. The number of hydrogen-bond acceptors (Lipinski definition) is 5. The van der Waals surface area contributed by atoms with Crippen molar-refractivity contribution in [3.63, 3.8) is 0 Å². The summed E-state index contributed by atoms with van der Waals surface area (Å²) in [7, 11) is 0. The van der Waals surface area contributed by atoms with Crippen molar-refractivity contribution in [2.75, 3.05) is 5.32 Å². The van der Waals surface area contributed by atoms with Crippen LogP contribution in [0.2, 0.25) is 0 Å². The van der Waals surface area contributed by atoms with Crippen molar-refractivity contribution in [2.45, 2.75) is 112 Å². The summed E-state index contributed by atoms with van der Waals surface area (Å²) in [6.45, 7) is 16.1. The number of hydrogen-bond donors (Lipinski definition) is 2. The Morgan fingerprint density at radius 3 is 2.45 bits per heavy atom. The summed E-state index contributed by atoms with van der Waals surface area (Å²) < 4.78 is 15.0. The van der Waals surface area contributed by atoms with Crippen molar-refractivity contribution >= 4 is 38.4 Å². The summed E-state index contributed by atoms with van der Waals surface area (Å²) in [6.07, 6.45) is 9.98. The van der Waals surface area contributed by atoms with Gasteiger partial charge in [0.15, 0.2) is 10.9 Å². The molecule has 2 aromatic rings. The maximum Gasteiger partial charge on any atom is 0.232 e. The second kappa shape index (κ2) is 9.47. The van der Waals surface area contributed by atoms with Gasteiger partial charge in [-0.25, -0.2) is 9.37 Å². The van der Waals surface area contributed by atoms with Gasteiger partial charge in [0.25, 0.3) is 0 Å². The molecular formula is C37H49FN2O3S. The lowest BCUT2D eigenvalue weighted by Gasteiger charge is -2.70. The smallest absolute Gasteiger partial charge is 0.232 e. The van der Waals surface area contributed by atoms with Crippen LogP contribution >= 0.6 is 11.3 Å². The van der Waals surface area contributed by atoms with Crippen molar-refractivity contribution in [1.29, 1.82) is 0 Å². The first kappa shape index (κ1) is 30.5. The van der Waals surface area contributed by atoms with Crippen LogP contribution < -0.4 is 5.32 Å². The second-order valence-electron chi connectivity index (χ2n) is 17.2. The largest absolute Gasteiger partial charge is 0.393 e. The standard InChI is InChI=1S/C37H49FN2O3S/c1-32(2)26-11-14-37(7)29(35(26,5)13-12-27(32)42)24(41)19-21-22-20-34(4,16-15-33(22,3)17-18-36(21,37)6)30(43)40-31-39-28-23(38)9-8-10-25(28)44-31/h8-10,19,22,26-27,29,42H,11-18,20H2,1-7H3,(H,39,40,43)/t22-,26-,27-,29+,33+,34-,35-,36+,37+/m0/s1. The molecule has 0 radical (unpaired) electrons. The molecule has 5 nitrogen and oxygen atoms in total. The van der Waals surface area contributed by atoms with Gasteiger partial charge in [-0.05, 0) is 115 Å². The summed E-state index contributed by atoms with van der Waals surface area (Å²) in [6, 6.07) is 4.89. The SMILES string of the molecule is CC1(C)[C@@H](O)CC[C@]2(C)[C@H]3C(=O)C=C4[C@@H]5C[C@@](C)(C(=O)Nc6nc7c(F)cccc7s6)CC[C@]5(C)CC[C@@]4(C)[C@]3(C)CC[C@@H]12. The molecule has 7 heteroatoms. The lowest BCUT2D eigenvalue weighted by atomic mass is 9.33. The van der Waals surface area contributed by atoms with Crippen LogP contribution in [0.4, 0.5) is 9.52 Å². The van der Waals surface area contributed by atoms with E-state index in [2.05, 4.69) is 64.8 Å². The zero-order chi connectivity index (χ0) is 31.7. The van der Waals surface area contributed by atoms with Crippen LogP contribution in [0.5, 0.6) is 0 Å². The molecule has 7 rings (SSSR count). The number of allylic oxidation sites excluding steroid dienone is 2. The highest BCUT2D eigenvalue weighted by Gasteiger charge is 2.70. The fraction of sp³-hybridized carbons (Fsp3) is 0.703. The van der Waals surface area contributed by atoms with Crippen molar-refractivity contribution in [1.82, 2.24) is 4.98 Å². The minimum Gasteiger partial charge on any atom is -0.393 e. The molecule has 1 heterocycles. The average molecular weight is 621 g/mol. The van der Waals surface area contributed by atoms with Crippen LogP contribution in [-0.2, 0) is 9.59 Å². The number of rotatable bonds is 2. The molecule has 1 aromatic heterocycles. The molecule has 4 fully saturated rings. The first-order valence-electron chi connectivity index (χ1n) is 16.8. The summed E-state index contributed by atoms with van der Waals surface area (Å²) >= 11 is 1.31. The molecule has 0 spiro atoms. The van der Waals surface area contributed by atoms with Crippen molar-refractivity contribution < 1.29 is 19.1 Å². The van der Waals surface area contributed by atoms with Crippen LogP contribution in [0.15, 0.2) is 29.8 Å². The van der Waals surface area contributed by atoms with E-state index in [1.54, 1.807) is 6.07 Å². The second-order valence-corrected chi connectivity index (χ2v) is 18.2. The number of anilines is 1. The number of nitrogens with one attached hydrogen (secondary N) is 1. The lowest BCUT2D eigenvalue weighted by molar-refractivity contribution is -0.202. The van der Waals surface area contributed by atoms with Gasteiger partial charge in [-0.3, -0.25) is 9.59 Å². The highest BCUT2D eigenvalue weighted by atomic mass is 32.1. The Kier molecular flexibility index (Phi) is 6.57. The van der Waals surface area contributed by atoms with E-state index in [4.69, 9.17) is 0 Å². The first-order valence-corrected chi connectivity index (χ1v) is 17.6. The fourth-order valence-electron chi connectivity index (χ4n) is 11.6. The number of para-hydroxylation sites is 1. The third kappa shape index (κ3) is 3.93. The molecule has 5 aliphatic carbocycles. The van der Waals surface area contributed by atoms with E-state index in [9.17, 15) is 19.1 Å². The number of fused-ring (bicyclic) bond motifs is 8. The van der Waals surface area contributed by atoms with E-state index in [0.29, 0.717) is 23.0 Å². The van der Waals surface area contributed by atoms with Crippen LogP contribution in [0, 0.1) is 56.1 Å². The predicted molar refractivity (Wildman–Crippen MR) is 174 cm³/mol. The molecular weight excluding hydrogens is 571 g/mol. The number of aliphatic hydroxyl groups excluding tert-OH is 1. The zero-order valence-corrected chi connectivity index (χ0v) is 28.3. The van der Waals surface area contributed by atoms with Gasteiger partial charge in [-0.2, -0.15) is 0 Å². The molecule has 5 aliphatic rings. The average Bonchev–Trinajstić information content (AvgIpc) is 3.37. The molecule has 0 saturated heterocycles. The molecule has 44 heavy (non-hydrogen) atoms. The normalized spacial score (nSPS) is 44.6. The van der Waals surface area contributed by atoms with Crippen LogP contribution in [0.3, 0.4) is 0 Å². The van der Waals surface area contributed by atoms with Gasteiger partial charge < -0.3 is 10.4 Å². The van der Waals surface area contributed by atoms with E-state index in [-0.39, 0.29) is 62.5 Å². The monoisotopic (exact) mass is 620 g/mol. The molecule has 0 aliphatic heterocycles. The van der Waals surface area contributed by atoms with Crippen molar-refractivity contribution in [3.05, 3.63) is 35.7 Å². The number of carbonyl (C=O) groups is 2. The highest BCUT2D eigenvalue weighted by molar-refractivity contribution is 7.22. The van der Waals surface area contributed by atoms with E-state index in [1.807, 2.05) is 6.07 Å². The number of thiazole rings is 1. The number of ketones is 1. The Balaban J connectivity index is 1.23. The molecule has 2 N–H and O–H groups in total. The summed E-state index contributed by atoms with van der Waals surface area (Å²) in [5.74, 6) is 0.237. The number of aliphatic hydroxyl groups is 1. The lowest BCUT2D eigenvalue weighted by Crippen LogP contribution is -2.66. The minimum absolute atomic E-state index is 0.0473. The van der Waals surface area contributed by atoms with E-state index < -0.39 is 5.41 Å². The molecule has 0 unspecified atom stereocenters. The first-order chi connectivity index (χ1) is 20.5. The maximum atomic E-state index is 14.6. The number of nitrogens with zero attached hydrogens (tertiary/aromatic N) is 1. The minimum atomic E-state index is -0.617. The number of benzene rings is 1. The Labute approximate surface area is 265 Å². The van der Waals surface area contributed by atoms with Gasteiger partial charge in [0.1, 0.15) is 11.3 Å². The van der Waals surface area contributed by atoms with E-state index in [1.165, 1.54) is 23.0 Å². The van der Waals surface area contributed by atoms with Gasteiger partial charge in [-0.15, -0.1) is 0 Å². The van der Waals surface area contributed by atoms with E-state index >= 15 is 0 Å². The number of halogens is 1. The number of amides is 1. The van der Waals surface area contributed by atoms with Gasteiger partial charge in [0.05, 0.1) is 10.8 Å². The van der Waals surface area contributed by atoms with Gasteiger partial charge in [0, 0.05) is 11.3 Å². The Bertz CT molecular complexity index is 1600. The maximum absolute atomic E-state index is 14.6. The Morgan fingerprint density at radius 2 is 1.73 bits per heavy atom. The van der Waals surface area contributed by atoms with Gasteiger partial charge in [-0.1, -0.05) is 71.4 Å². The quantitative estimate of drug-likeness (QED) is 0.352. The van der Waals surface area contributed by atoms with Crippen molar-refractivity contribution in [3.8, 4) is 0 Å². The van der Waals surface area contributed by atoms with Crippen LogP contribution in [0.1, 0.15) is 106 Å². The number of carbonyl (C=O) groups excluding carboxylic acids is 2. The summed E-state index contributed by atoms with van der Waals surface area (Å²) in [5, 5.41) is 14.5. The fourth-order valence-corrected chi connectivity index (χ4v) is 12.5. The molecule has 238 valence electrons. The molecule has 4 saturated carbocycles. The third-order valence-electron chi connectivity index (χ3n) is 14.7. The molecule has 9 atom stereocenters. The molecule has 0 bridgehead atoms. The topological polar surface area (TPSA) is 79.3 Å². The predicted octanol–water partition coefficient (Wildman–Crippen LogP) is 8.72. The Morgan fingerprint density at radius 1 is 1.00 bits per heavy atom. The third-order valence-corrected chi connectivity index (χ3v) is 15.6. The molecule has 1 amide bonds. The van der Waals surface area contributed by atoms with Gasteiger partial charge in [0.2, 0.25) is 5.91 Å². The van der Waals surface area contributed by atoms with Gasteiger partial charge >= 0.3 is 0 Å². The molecule has 1 aromatic carbocycles.